The van der Waals surface area contributed by atoms with Crippen molar-refractivity contribution in [1.82, 2.24) is 0 Å². The fraction of sp³-hybridized carbons (Fsp3) is 0.375. The van der Waals surface area contributed by atoms with Crippen molar-refractivity contribution in [1.29, 1.82) is 0 Å². The number of ether oxygens (including phenoxy) is 2. The molecule has 0 amide bonds. The number of rotatable bonds is 4. The number of esters is 1. The Morgan fingerprint density at radius 1 is 1.28 bits per heavy atom. The molecule has 2 aromatic carbocycles. The Hall–Kier alpha value is -2.27. The fourth-order valence-corrected chi connectivity index (χ4v) is 5.05. The van der Waals surface area contributed by atoms with Gasteiger partial charge in [-0.2, -0.15) is 0 Å². The summed E-state index contributed by atoms with van der Waals surface area (Å²) in [6.07, 6.45) is 1.78. The molecule has 2 aromatic rings. The zero-order chi connectivity index (χ0) is 20.8. The molecular formula is C24H26BrNO3. The molecule has 0 bridgehead atoms. The molecule has 0 aliphatic carbocycles. The highest BCUT2D eigenvalue weighted by molar-refractivity contribution is 9.10. The Morgan fingerprint density at radius 2 is 2.03 bits per heavy atom. The van der Waals surface area contributed by atoms with Gasteiger partial charge in [-0.15, -0.1) is 0 Å². The lowest BCUT2D eigenvalue weighted by molar-refractivity contribution is -0.138. The van der Waals surface area contributed by atoms with Gasteiger partial charge in [-0.25, -0.2) is 4.79 Å². The number of carbonyl (C=O) groups excluding carboxylic acids is 1. The van der Waals surface area contributed by atoms with Crippen molar-refractivity contribution in [3.05, 3.63) is 70.2 Å². The summed E-state index contributed by atoms with van der Waals surface area (Å²) in [6, 6.07) is 14.6. The lowest BCUT2D eigenvalue weighted by atomic mass is 9.74. The zero-order valence-electron chi connectivity index (χ0n) is 17.1. The Morgan fingerprint density at radius 3 is 2.79 bits per heavy atom. The minimum absolute atomic E-state index is 0.229. The molecule has 4 nitrogen and oxygen atoms in total. The quantitative estimate of drug-likeness (QED) is 0.457. The number of anilines is 1. The first kappa shape index (κ1) is 20.0. The normalized spacial score (nSPS) is 21.3. The van der Waals surface area contributed by atoms with Crippen molar-refractivity contribution in [3.63, 3.8) is 0 Å². The van der Waals surface area contributed by atoms with Gasteiger partial charge in [0.25, 0.3) is 0 Å². The van der Waals surface area contributed by atoms with Crippen LogP contribution in [0.2, 0.25) is 0 Å². The average Bonchev–Trinajstić information content (AvgIpc) is 2.87. The SMILES string of the molecule is C=C(C)C(=O)OCCN1c2ccccc2C(C)(C)C12CCc1cc(Br)ccc1O2. The van der Waals surface area contributed by atoms with Gasteiger partial charge in [-0.3, -0.25) is 0 Å². The molecule has 2 aliphatic rings. The van der Waals surface area contributed by atoms with Gasteiger partial charge >= 0.3 is 5.97 Å². The minimum Gasteiger partial charge on any atom is -0.467 e. The van der Waals surface area contributed by atoms with Crippen molar-refractivity contribution >= 4 is 27.6 Å². The van der Waals surface area contributed by atoms with Gasteiger partial charge in [0.1, 0.15) is 12.4 Å². The van der Waals surface area contributed by atoms with Crippen molar-refractivity contribution < 1.29 is 14.3 Å². The highest BCUT2D eigenvalue weighted by Crippen LogP contribution is 2.56. The van der Waals surface area contributed by atoms with Gasteiger partial charge in [0, 0.05) is 22.2 Å². The number of para-hydroxylation sites is 1. The number of nitrogens with zero attached hydrogens (tertiary/aromatic N) is 1. The van der Waals surface area contributed by atoms with Gasteiger partial charge in [-0.1, -0.05) is 40.7 Å². The molecule has 0 fully saturated rings. The first-order chi connectivity index (χ1) is 13.8. The highest BCUT2D eigenvalue weighted by Gasteiger charge is 2.59. The number of carbonyl (C=O) groups is 1. The summed E-state index contributed by atoms with van der Waals surface area (Å²) in [7, 11) is 0. The van der Waals surface area contributed by atoms with Gasteiger partial charge in [0.15, 0.2) is 5.72 Å². The van der Waals surface area contributed by atoms with E-state index in [1.807, 2.05) is 12.1 Å². The Labute approximate surface area is 180 Å². The third-order valence-electron chi connectivity index (χ3n) is 6.21. The molecule has 1 atom stereocenters. The molecule has 0 aromatic heterocycles. The van der Waals surface area contributed by atoms with E-state index < -0.39 is 5.72 Å². The number of halogens is 1. The third kappa shape index (κ3) is 3.16. The van der Waals surface area contributed by atoms with Crippen LogP contribution in [0.3, 0.4) is 0 Å². The monoisotopic (exact) mass is 455 g/mol. The predicted molar refractivity (Wildman–Crippen MR) is 118 cm³/mol. The summed E-state index contributed by atoms with van der Waals surface area (Å²) in [5, 5.41) is 0. The minimum atomic E-state index is -0.535. The summed E-state index contributed by atoms with van der Waals surface area (Å²) in [5.41, 5.74) is 3.26. The van der Waals surface area contributed by atoms with Crippen molar-refractivity contribution in [2.75, 3.05) is 18.1 Å². The first-order valence-corrected chi connectivity index (χ1v) is 10.7. The van der Waals surface area contributed by atoms with Gasteiger partial charge in [-0.05, 0) is 62.6 Å². The van der Waals surface area contributed by atoms with Crippen LogP contribution in [0.4, 0.5) is 5.69 Å². The second-order valence-electron chi connectivity index (χ2n) is 8.35. The van der Waals surface area contributed by atoms with E-state index in [4.69, 9.17) is 9.47 Å². The lowest BCUT2D eigenvalue weighted by Gasteiger charge is -2.50. The van der Waals surface area contributed by atoms with E-state index in [9.17, 15) is 4.79 Å². The van der Waals surface area contributed by atoms with Crippen LogP contribution in [0.25, 0.3) is 0 Å². The summed E-state index contributed by atoms with van der Waals surface area (Å²) < 4.78 is 13.3. The largest absolute Gasteiger partial charge is 0.467 e. The predicted octanol–water partition coefficient (Wildman–Crippen LogP) is 5.39. The average molecular weight is 456 g/mol. The lowest BCUT2D eigenvalue weighted by Crippen LogP contribution is -2.62. The molecule has 29 heavy (non-hydrogen) atoms. The molecule has 0 saturated heterocycles. The maximum Gasteiger partial charge on any atom is 0.333 e. The van der Waals surface area contributed by atoms with E-state index >= 15 is 0 Å². The summed E-state index contributed by atoms with van der Waals surface area (Å²) >= 11 is 3.56. The van der Waals surface area contributed by atoms with Crippen LogP contribution in [0.15, 0.2) is 59.1 Å². The second-order valence-corrected chi connectivity index (χ2v) is 9.26. The van der Waals surface area contributed by atoms with Gasteiger partial charge in [0.05, 0.1) is 12.0 Å². The van der Waals surface area contributed by atoms with E-state index in [1.165, 1.54) is 11.1 Å². The van der Waals surface area contributed by atoms with Crippen LogP contribution in [-0.2, 0) is 21.4 Å². The number of fused-ring (bicyclic) bond motifs is 2. The van der Waals surface area contributed by atoms with E-state index in [2.05, 4.69) is 71.6 Å². The summed E-state index contributed by atoms with van der Waals surface area (Å²) in [6.45, 7) is 10.7. The topological polar surface area (TPSA) is 38.8 Å². The number of aryl methyl sites for hydroxylation is 1. The molecule has 1 spiro atoms. The van der Waals surface area contributed by atoms with Crippen molar-refractivity contribution in [3.8, 4) is 5.75 Å². The second kappa shape index (κ2) is 7.21. The molecule has 4 rings (SSSR count). The van der Waals surface area contributed by atoms with Crippen LogP contribution in [-0.4, -0.2) is 24.8 Å². The zero-order valence-corrected chi connectivity index (χ0v) is 18.7. The van der Waals surface area contributed by atoms with Gasteiger partial charge < -0.3 is 14.4 Å². The van der Waals surface area contributed by atoms with Crippen LogP contribution in [0, 0.1) is 0 Å². The molecule has 5 heteroatoms. The number of hydrogen-bond donors (Lipinski definition) is 0. The smallest absolute Gasteiger partial charge is 0.333 e. The van der Waals surface area contributed by atoms with Crippen molar-refractivity contribution in [2.45, 2.75) is 44.8 Å². The van der Waals surface area contributed by atoms with Crippen LogP contribution >= 0.6 is 15.9 Å². The van der Waals surface area contributed by atoms with E-state index in [-0.39, 0.29) is 18.0 Å². The Bertz CT molecular complexity index is 984. The van der Waals surface area contributed by atoms with E-state index in [0.29, 0.717) is 12.1 Å². The maximum atomic E-state index is 11.9. The van der Waals surface area contributed by atoms with E-state index in [1.54, 1.807) is 6.92 Å². The molecule has 0 radical (unpaired) electrons. The number of hydrogen-bond acceptors (Lipinski definition) is 4. The summed E-state index contributed by atoms with van der Waals surface area (Å²) in [5.74, 6) is 0.565. The van der Waals surface area contributed by atoms with E-state index in [0.717, 1.165) is 28.8 Å². The van der Waals surface area contributed by atoms with Crippen LogP contribution < -0.4 is 9.64 Å². The van der Waals surface area contributed by atoms with Gasteiger partial charge in [0.2, 0.25) is 0 Å². The molecule has 152 valence electrons. The van der Waals surface area contributed by atoms with Crippen LogP contribution in [0.1, 0.15) is 38.3 Å². The Balaban J connectivity index is 1.71. The molecular weight excluding hydrogens is 430 g/mol. The molecule has 0 N–H and O–H groups in total. The molecule has 0 saturated carbocycles. The highest BCUT2D eigenvalue weighted by atomic mass is 79.9. The fourth-order valence-electron chi connectivity index (χ4n) is 4.64. The molecule has 2 heterocycles. The first-order valence-electron chi connectivity index (χ1n) is 9.93. The standard InChI is InChI=1S/C24H26BrNO3/c1-16(2)22(27)28-14-13-26-20-8-6-5-7-19(20)23(3,4)24(26)12-11-17-15-18(25)9-10-21(17)29-24/h5-10,15H,1,11-14H2,2-4H3. The third-order valence-corrected chi connectivity index (χ3v) is 6.71. The van der Waals surface area contributed by atoms with Crippen molar-refractivity contribution in [2.24, 2.45) is 0 Å². The number of benzene rings is 2. The van der Waals surface area contributed by atoms with Crippen LogP contribution in [0.5, 0.6) is 5.75 Å². The summed E-state index contributed by atoms with van der Waals surface area (Å²) in [4.78, 5) is 14.2. The molecule has 2 aliphatic heterocycles. The maximum absolute atomic E-state index is 11.9. The Kier molecular flexibility index (Phi) is 4.97. The molecule has 1 unspecified atom stereocenters.